The molecular weight excluding hydrogens is 242 g/mol. The molecular formula is C15H23NOS. The van der Waals surface area contributed by atoms with Crippen LogP contribution in [0.2, 0.25) is 0 Å². The molecule has 0 radical (unpaired) electrons. The Balaban J connectivity index is 1.60. The topological polar surface area (TPSA) is 21.3 Å². The highest BCUT2D eigenvalue weighted by Gasteiger charge is 2.41. The van der Waals surface area contributed by atoms with Crippen LogP contribution in [-0.2, 0) is 11.2 Å². The molecule has 1 saturated carbocycles. The second-order valence-electron chi connectivity index (χ2n) is 5.86. The highest BCUT2D eigenvalue weighted by molar-refractivity contribution is 7.09. The van der Waals surface area contributed by atoms with Crippen molar-refractivity contribution >= 4 is 11.3 Å². The molecule has 2 heterocycles. The molecule has 1 aliphatic heterocycles. The minimum Gasteiger partial charge on any atom is -0.378 e. The maximum absolute atomic E-state index is 5.85. The van der Waals surface area contributed by atoms with Gasteiger partial charge in [-0.05, 0) is 50.5 Å². The third-order valence-corrected chi connectivity index (χ3v) is 5.54. The maximum Gasteiger partial charge on any atom is 0.0616 e. The molecule has 18 heavy (non-hydrogen) atoms. The van der Waals surface area contributed by atoms with E-state index in [0.29, 0.717) is 11.5 Å². The molecule has 0 bridgehead atoms. The zero-order valence-corrected chi connectivity index (χ0v) is 12.0. The van der Waals surface area contributed by atoms with Crippen molar-refractivity contribution in [2.24, 2.45) is 5.41 Å². The number of ether oxygens (including phenoxy) is 1. The highest BCUT2D eigenvalue weighted by Crippen LogP contribution is 2.39. The second kappa shape index (κ2) is 5.32. The van der Waals surface area contributed by atoms with Crippen molar-refractivity contribution in [3.05, 3.63) is 22.4 Å². The molecule has 100 valence electrons. The van der Waals surface area contributed by atoms with E-state index in [1.165, 1.54) is 37.0 Å². The van der Waals surface area contributed by atoms with Gasteiger partial charge in [0, 0.05) is 29.5 Å². The van der Waals surface area contributed by atoms with Gasteiger partial charge in [0.1, 0.15) is 0 Å². The van der Waals surface area contributed by atoms with E-state index in [1.54, 1.807) is 0 Å². The van der Waals surface area contributed by atoms with Crippen molar-refractivity contribution in [1.82, 2.24) is 5.32 Å². The molecule has 3 rings (SSSR count). The van der Waals surface area contributed by atoms with E-state index >= 15 is 0 Å². The van der Waals surface area contributed by atoms with E-state index in [1.807, 2.05) is 11.3 Å². The normalized spacial score (nSPS) is 31.9. The quantitative estimate of drug-likeness (QED) is 0.852. The standard InChI is InChI=1S/C15H23NOS/c1-12-15(8-9-17-12,11-16-13-4-5-13)7-6-14-3-2-10-18-14/h2-3,10,12-13,16H,4-9,11H2,1H3. The SMILES string of the molecule is CC1OCCC1(CCc1cccs1)CNC1CC1. The molecule has 2 unspecified atom stereocenters. The van der Waals surface area contributed by atoms with Crippen LogP contribution in [-0.4, -0.2) is 25.3 Å². The van der Waals surface area contributed by atoms with E-state index in [2.05, 4.69) is 29.8 Å². The Morgan fingerprint density at radius 2 is 2.39 bits per heavy atom. The van der Waals surface area contributed by atoms with Crippen molar-refractivity contribution < 1.29 is 4.74 Å². The molecule has 1 aromatic rings. The van der Waals surface area contributed by atoms with Gasteiger partial charge in [-0.15, -0.1) is 11.3 Å². The van der Waals surface area contributed by atoms with Gasteiger partial charge in [0.15, 0.2) is 0 Å². The van der Waals surface area contributed by atoms with Crippen molar-refractivity contribution in [2.45, 2.75) is 51.2 Å². The number of thiophene rings is 1. The fourth-order valence-electron chi connectivity index (χ4n) is 2.93. The predicted molar refractivity (Wildman–Crippen MR) is 76.1 cm³/mol. The molecule has 1 N–H and O–H groups in total. The Kier molecular flexibility index (Phi) is 3.73. The van der Waals surface area contributed by atoms with Gasteiger partial charge < -0.3 is 10.1 Å². The van der Waals surface area contributed by atoms with Crippen LogP contribution in [0.3, 0.4) is 0 Å². The molecule has 1 aromatic heterocycles. The second-order valence-corrected chi connectivity index (χ2v) is 6.89. The zero-order chi connectivity index (χ0) is 12.4. The summed E-state index contributed by atoms with van der Waals surface area (Å²) in [5.41, 5.74) is 0.368. The lowest BCUT2D eigenvalue weighted by Gasteiger charge is -2.32. The molecule has 1 saturated heterocycles. The summed E-state index contributed by atoms with van der Waals surface area (Å²) < 4.78 is 5.85. The highest BCUT2D eigenvalue weighted by atomic mass is 32.1. The average Bonchev–Trinajstić information content (AvgIpc) is 2.92. The summed E-state index contributed by atoms with van der Waals surface area (Å²) in [7, 11) is 0. The Bertz CT molecular complexity index is 374. The van der Waals surface area contributed by atoms with E-state index in [0.717, 1.165) is 19.2 Å². The van der Waals surface area contributed by atoms with E-state index in [-0.39, 0.29) is 0 Å². The maximum atomic E-state index is 5.85. The Hall–Kier alpha value is -0.380. The van der Waals surface area contributed by atoms with Crippen molar-refractivity contribution in [3.63, 3.8) is 0 Å². The van der Waals surface area contributed by atoms with Gasteiger partial charge in [0.25, 0.3) is 0 Å². The Labute approximate surface area is 114 Å². The van der Waals surface area contributed by atoms with Crippen LogP contribution in [0.25, 0.3) is 0 Å². The molecule has 2 fully saturated rings. The first-order valence-corrected chi connectivity index (χ1v) is 8.04. The zero-order valence-electron chi connectivity index (χ0n) is 11.2. The number of hydrogen-bond donors (Lipinski definition) is 1. The van der Waals surface area contributed by atoms with Gasteiger partial charge in [-0.2, -0.15) is 0 Å². The fraction of sp³-hybridized carbons (Fsp3) is 0.733. The summed E-state index contributed by atoms with van der Waals surface area (Å²) in [6.45, 7) is 4.35. The van der Waals surface area contributed by atoms with E-state index in [9.17, 15) is 0 Å². The minimum absolute atomic E-state index is 0.368. The number of rotatable bonds is 6. The van der Waals surface area contributed by atoms with E-state index in [4.69, 9.17) is 4.74 Å². The lowest BCUT2D eigenvalue weighted by Crippen LogP contribution is -2.40. The van der Waals surface area contributed by atoms with Gasteiger partial charge in [-0.1, -0.05) is 6.07 Å². The average molecular weight is 265 g/mol. The van der Waals surface area contributed by atoms with E-state index < -0.39 is 0 Å². The molecule has 2 atom stereocenters. The van der Waals surface area contributed by atoms with Crippen LogP contribution in [0.1, 0.15) is 37.5 Å². The van der Waals surface area contributed by atoms with Crippen LogP contribution in [0.5, 0.6) is 0 Å². The summed E-state index contributed by atoms with van der Waals surface area (Å²) in [6, 6.07) is 5.22. The van der Waals surface area contributed by atoms with Crippen LogP contribution < -0.4 is 5.32 Å². The number of nitrogens with one attached hydrogen (secondary N) is 1. The minimum atomic E-state index is 0.368. The fourth-order valence-corrected chi connectivity index (χ4v) is 3.64. The molecule has 2 aliphatic rings. The summed E-state index contributed by atoms with van der Waals surface area (Å²) >= 11 is 1.88. The Morgan fingerprint density at radius 1 is 1.50 bits per heavy atom. The third-order valence-electron chi connectivity index (χ3n) is 4.60. The molecule has 1 aliphatic carbocycles. The van der Waals surface area contributed by atoms with Gasteiger partial charge >= 0.3 is 0 Å². The van der Waals surface area contributed by atoms with Crippen molar-refractivity contribution in [2.75, 3.05) is 13.2 Å². The Morgan fingerprint density at radius 3 is 3.00 bits per heavy atom. The van der Waals surface area contributed by atoms with Crippen LogP contribution >= 0.6 is 11.3 Å². The summed E-state index contributed by atoms with van der Waals surface area (Å²) in [5, 5.41) is 5.90. The molecule has 0 spiro atoms. The molecule has 0 aromatic carbocycles. The van der Waals surface area contributed by atoms with Crippen molar-refractivity contribution in [3.8, 4) is 0 Å². The van der Waals surface area contributed by atoms with Crippen molar-refractivity contribution in [1.29, 1.82) is 0 Å². The number of aryl methyl sites for hydroxylation is 1. The first-order chi connectivity index (χ1) is 8.78. The van der Waals surface area contributed by atoms with Gasteiger partial charge in [0.05, 0.1) is 6.10 Å². The van der Waals surface area contributed by atoms with Gasteiger partial charge in [-0.25, -0.2) is 0 Å². The predicted octanol–water partition coefficient (Wildman–Crippen LogP) is 3.23. The first kappa shape index (κ1) is 12.6. The smallest absolute Gasteiger partial charge is 0.0616 e. The lowest BCUT2D eigenvalue weighted by atomic mass is 9.77. The summed E-state index contributed by atoms with van der Waals surface area (Å²) in [5.74, 6) is 0. The summed E-state index contributed by atoms with van der Waals surface area (Å²) in [6.07, 6.45) is 6.83. The summed E-state index contributed by atoms with van der Waals surface area (Å²) in [4.78, 5) is 1.51. The van der Waals surface area contributed by atoms with Gasteiger partial charge in [-0.3, -0.25) is 0 Å². The third kappa shape index (κ3) is 2.79. The monoisotopic (exact) mass is 265 g/mol. The van der Waals surface area contributed by atoms with Crippen LogP contribution in [0.15, 0.2) is 17.5 Å². The molecule has 3 heteroatoms. The lowest BCUT2D eigenvalue weighted by molar-refractivity contribution is 0.0585. The first-order valence-electron chi connectivity index (χ1n) is 7.16. The molecule has 2 nitrogen and oxygen atoms in total. The van der Waals surface area contributed by atoms with Gasteiger partial charge in [0.2, 0.25) is 0 Å². The largest absolute Gasteiger partial charge is 0.378 e. The molecule has 0 amide bonds. The number of hydrogen-bond acceptors (Lipinski definition) is 3. The van der Waals surface area contributed by atoms with Crippen LogP contribution in [0, 0.1) is 5.41 Å². The van der Waals surface area contributed by atoms with Crippen LogP contribution in [0.4, 0.5) is 0 Å².